The van der Waals surface area contributed by atoms with Gasteiger partial charge in [0.15, 0.2) is 0 Å². The average Bonchev–Trinajstić information content (AvgIpc) is 2.36. The molecular formula is C16H22OS3. The second-order valence-electron chi connectivity index (χ2n) is 7.06. The van der Waals surface area contributed by atoms with Crippen molar-refractivity contribution in [2.75, 3.05) is 6.26 Å². The van der Waals surface area contributed by atoms with Gasteiger partial charge in [0.25, 0.3) is 0 Å². The highest BCUT2D eigenvalue weighted by molar-refractivity contribution is 8.40. The molecule has 0 amide bonds. The van der Waals surface area contributed by atoms with Crippen LogP contribution >= 0.6 is 23.5 Å². The molecule has 4 rings (SSSR count). The Morgan fingerprint density at radius 3 is 2.20 bits per heavy atom. The highest BCUT2D eigenvalue weighted by Crippen LogP contribution is 2.82. The first kappa shape index (κ1) is 15.0. The van der Waals surface area contributed by atoms with Gasteiger partial charge in [-0.15, -0.1) is 23.5 Å². The smallest absolute Gasteiger partial charge is 0.145 e. The van der Waals surface area contributed by atoms with Gasteiger partial charge in [-0.25, -0.2) is 0 Å². The lowest BCUT2D eigenvalue weighted by molar-refractivity contribution is 0.143. The Bertz CT molecular complexity index is 566. The van der Waals surface area contributed by atoms with Crippen molar-refractivity contribution in [2.24, 2.45) is 10.8 Å². The van der Waals surface area contributed by atoms with Crippen molar-refractivity contribution in [1.29, 1.82) is 0 Å². The molecule has 2 bridgehead atoms. The number of hydrogen-bond donors (Lipinski definition) is 0. The molecule has 0 N–H and O–H groups in total. The minimum Gasteiger partial charge on any atom is -0.255 e. The predicted molar refractivity (Wildman–Crippen MR) is 92.3 cm³/mol. The minimum atomic E-state index is -0.869. The zero-order valence-electron chi connectivity index (χ0n) is 12.7. The standard InChI is InChI=1S/C16H22OS3/c1-13(2)11-14(3,4)16(18-5)19-15(13,20(16)17)12-9-7-6-8-10-12/h6-10H,11H2,1-5H3. The topological polar surface area (TPSA) is 17.1 Å². The van der Waals surface area contributed by atoms with E-state index in [0.717, 1.165) is 6.42 Å². The SMILES string of the molecule is CSC12SC(c3ccccc3)(S1=O)C(C)(C)CC2(C)C. The highest BCUT2D eigenvalue weighted by Gasteiger charge is 2.78. The monoisotopic (exact) mass is 326 g/mol. The van der Waals surface area contributed by atoms with Crippen LogP contribution in [0.2, 0.25) is 0 Å². The summed E-state index contributed by atoms with van der Waals surface area (Å²) in [6.07, 6.45) is 3.22. The van der Waals surface area contributed by atoms with Crippen LogP contribution in [0.25, 0.3) is 0 Å². The molecular weight excluding hydrogens is 304 g/mol. The first-order valence-corrected chi connectivity index (χ1v) is 10.2. The van der Waals surface area contributed by atoms with Crippen molar-refractivity contribution < 1.29 is 4.21 Å². The van der Waals surface area contributed by atoms with Gasteiger partial charge in [0, 0.05) is 5.41 Å². The summed E-state index contributed by atoms with van der Waals surface area (Å²) < 4.78 is 13.0. The van der Waals surface area contributed by atoms with E-state index in [4.69, 9.17) is 0 Å². The summed E-state index contributed by atoms with van der Waals surface area (Å²) >= 11 is 3.73. The van der Waals surface area contributed by atoms with Gasteiger partial charge < -0.3 is 0 Å². The van der Waals surface area contributed by atoms with Crippen LogP contribution in [0.1, 0.15) is 39.7 Å². The fourth-order valence-electron chi connectivity index (χ4n) is 4.14. The maximum absolute atomic E-state index is 13.4. The van der Waals surface area contributed by atoms with Gasteiger partial charge >= 0.3 is 0 Å². The number of rotatable bonds is 2. The van der Waals surface area contributed by atoms with Crippen LogP contribution in [0, 0.1) is 10.8 Å². The molecule has 1 aromatic carbocycles. The molecule has 3 aliphatic heterocycles. The fourth-order valence-corrected chi connectivity index (χ4v) is 11.5. The molecule has 1 aromatic rings. The third-order valence-electron chi connectivity index (χ3n) is 4.81. The number of thioether (sulfide) groups is 2. The molecule has 110 valence electrons. The Morgan fingerprint density at radius 1 is 1.10 bits per heavy atom. The maximum Gasteiger partial charge on any atom is 0.145 e. The number of fused-ring (bicyclic) bond motifs is 2. The fraction of sp³-hybridized carbons (Fsp3) is 0.625. The first-order chi connectivity index (χ1) is 9.23. The summed E-state index contributed by atoms with van der Waals surface area (Å²) in [6.45, 7) is 9.14. The number of hydrogen-bond acceptors (Lipinski definition) is 3. The molecule has 3 fully saturated rings. The summed E-state index contributed by atoms with van der Waals surface area (Å²) in [6, 6.07) is 10.5. The van der Waals surface area contributed by atoms with Crippen molar-refractivity contribution >= 4 is 34.3 Å². The van der Waals surface area contributed by atoms with Crippen molar-refractivity contribution in [2.45, 2.75) is 41.6 Å². The molecule has 0 aromatic heterocycles. The van der Waals surface area contributed by atoms with Crippen LogP contribution in [-0.2, 0) is 14.9 Å². The number of benzene rings is 1. The molecule has 0 radical (unpaired) electrons. The van der Waals surface area contributed by atoms with Gasteiger partial charge in [-0.2, -0.15) is 0 Å². The van der Waals surface area contributed by atoms with E-state index in [1.54, 1.807) is 11.8 Å². The van der Waals surface area contributed by atoms with E-state index in [1.165, 1.54) is 5.56 Å². The van der Waals surface area contributed by atoms with Crippen molar-refractivity contribution in [1.82, 2.24) is 0 Å². The van der Waals surface area contributed by atoms with Crippen LogP contribution in [0.15, 0.2) is 30.3 Å². The Balaban J connectivity index is 2.18. The molecule has 1 nitrogen and oxygen atoms in total. The van der Waals surface area contributed by atoms with Gasteiger partial charge in [0.1, 0.15) is 7.49 Å². The zero-order valence-corrected chi connectivity index (χ0v) is 15.2. The lowest BCUT2D eigenvalue weighted by Gasteiger charge is -2.70. The largest absolute Gasteiger partial charge is 0.255 e. The predicted octanol–water partition coefficient (Wildman–Crippen LogP) is 4.81. The third kappa shape index (κ3) is 1.51. The van der Waals surface area contributed by atoms with Gasteiger partial charge in [-0.1, -0.05) is 58.0 Å². The maximum atomic E-state index is 13.4. The lowest BCUT2D eigenvalue weighted by Crippen LogP contribution is -2.70. The summed E-state index contributed by atoms with van der Waals surface area (Å²) in [4.78, 5) is 0. The first-order valence-electron chi connectivity index (χ1n) is 6.96. The molecule has 0 aliphatic carbocycles. The molecule has 0 saturated carbocycles. The summed E-state index contributed by atoms with van der Waals surface area (Å²) in [5.41, 5.74) is 1.35. The zero-order chi connectivity index (χ0) is 14.8. The van der Waals surface area contributed by atoms with Crippen LogP contribution in [-0.4, -0.2) is 13.9 Å². The van der Waals surface area contributed by atoms with Crippen molar-refractivity contribution in [3.05, 3.63) is 35.9 Å². The second-order valence-corrected chi connectivity index (χ2v) is 12.3. The van der Waals surface area contributed by atoms with E-state index in [1.807, 2.05) is 17.8 Å². The van der Waals surface area contributed by atoms with Gasteiger partial charge in [-0.3, -0.25) is 4.21 Å². The Morgan fingerprint density at radius 2 is 1.70 bits per heavy atom. The molecule has 3 unspecified atom stereocenters. The van der Waals surface area contributed by atoms with E-state index < -0.39 is 10.8 Å². The lowest BCUT2D eigenvalue weighted by atomic mass is 9.70. The summed E-state index contributed by atoms with van der Waals surface area (Å²) in [7, 11) is -0.869. The van der Waals surface area contributed by atoms with E-state index >= 15 is 0 Å². The minimum absolute atomic E-state index is 0.0326. The van der Waals surface area contributed by atoms with E-state index in [2.05, 4.69) is 58.2 Å². The second kappa shape index (κ2) is 4.30. The molecule has 3 saturated heterocycles. The van der Waals surface area contributed by atoms with Crippen LogP contribution in [0.4, 0.5) is 0 Å². The van der Waals surface area contributed by atoms with Gasteiger partial charge in [0.05, 0.1) is 10.8 Å². The van der Waals surface area contributed by atoms with Crippen LogP contribution < -0.4 is 0 Å². The third-order valence-corrected chi connectivity index (χ3v) is 13.3. The summed E-state index contributed by atoms with van der Waals surface area (Å²) in [5.74, 6) is 0. The van der Waals surface area contributed by atoms with Crippen molar-refractivity contribution in [3.63, 3.8) is 0 Å². The molecule has 3 aliphatic rings. The molecule has 3 heterocycles. The molecule has 3 atom stereocenters. The van der Waals surface area contributed by atoms with E-state index in [0.29, 0.717) is 0 Å². The van der Waals surface area contributed by atoms with Crippen LogP contribution in [0.5, 0.6) is 0 Å². The normalized spacial score (nSPS) is 41.0. The van der Waals surface area contributed by atoms with E-state index in [9.17, 15) is 4.21 Å². The van der Waals surface area contributed by atoms with Crippen molar-refractivity contribution in [3.8, 4) is 0 Å². The average molecular weight is 327 g/mol. The Kier molecular flexibility index (Phi) is 3.22. The summed E-state index contributed by atoms with van der Waals surface area (Å²) in [5, 5.41) is 0. The van der Waals surface area contributed by atoms with Crippen LogP contribution in [0.3, 0.4) is 0 Å². The van der Waals surface area contributed by atoms with E-state index in [-0.39, 0.29) is 18.3 Å². The Hall–Kier alpha value is 0.0700. The van der Waals surface area contributed by atoms with Gasteiger partial charge in [0.2, 0.25) is 0 Å². The molecule has 4 heteroatoms. The molecule has 0 spiro atoms. The molecule has 20 heavy (non-hydrogen) atoms. The Labute approximate surface area is 133 Å². The van der Waals surface area contributed by atoms with Gasteiger partial charge in [-0.05, 0) is 23.7 Å². The highest BCUT2D eigenvalue weighted by atomic mass is 32.3. The quantitative estimate of drug-likeness (QED) is 0.776.